The number of nitrogens with one attached hydrogen (secondary N) is 2. The lowest BCUT2D eigenvalue weighted by Gasteiger charge is -2.43. The van der Waals surface area contributed by atoms with Crippen LogP contribution in [-0.4, -0.2) is 235 Å². The van der Waals surface area contributed by atoms with Crippen molar-refractivity contribution in [3.8, 4) is 0 Å². The number of esters is 6. The number of carbonyl (C=O) groups excluding carboxylic acids is 13. The van der Waals surface area contributed by atoms with Crippen molar-refractivity contribution in [2.75, 3.05) is 92.4 Å². The van der Waals surface area contributed by atoms with Crippen molar-refractivity contribution in [3.63, 3.8) is 0 Å². The molecule has 3 aliphatic rings. The number of rotatable bonds is 71. The number of ether oxygens (including phenoxy) is 15. The van der Waals surface area contributed by atoms with Crippen LogP contribution in [0, 0.1) is 40.9 Å². The Bertz CT molecular complexity index is 2830. The molecule has 700 valence electrons. The molecule has 3 aliphatic heterocycles. The molecule has 2 amide bonds. The van der Waals surface area contributed by atoms with E-state index in [4.69, 9.17) is 76.2 Å². The summed E-state index contributed by atoms with van der Waals surface area (Å²) >= 11 is 0. The fourth-order valence-electron chi connectivity index (χ4n) is 15.0. The van der Waals surface area contributed by atoms with E-state index in [1.165, 1.54) is 41.5 Å². The maximum atomic E-state index is 14.1. The molecule has 0 aromatic carbocycles. The van der Waals surface area contributed by atoms with Gasteiger partial charge in [0.25, 0.3) is 0 Å². The minimum Gasteiger partial charge on any atom is -0.481 e. The van der Waals surface area contributed by atoms with Gasteiger partial charge in [-0.3, -0.25) is 67.1 Å². The molecule has 122 heavy (non-hydrogen) atoms. The number of carbonyl (C=O) groups is 14. The second-order valence-corrected chi connectivity index (χ2v) is 33.6. The first kappa shape index (κ1) is 109. The Morgan fingerprint density at radius 3 is 0.885 bits per heavy atom. The van der Waals surface area contributed by atoms with E-state index in [1.807, 2.05) is 41.5 Å². The molecule has 0 spiro atoms. The SMILES string of the molecule is CC(=O)OCC1OC(OCCCCC(=O)CCCCCC(=O)CCOCC(COCCC(=O)CCCCCC(=O)CCCCOC2OC(COC(C)=O)C(OC(C)=O)C(C)C2C)(COCCC(=O)NCCCNC(=O)CCCCOC2OC(COC(C)=O)C(OC(C)=O)C(C)C2C)CC(=O)CCCCCCCCCCC(=O)O)C(C)C(C)C1OC(C)=O. The maximum Gasteiger partial charge on any atom is 0.303 e. The van der Waals surface area contributed by atoms with Crippen LogP contribution in [0.4, 0.5) is 0 Å². The van der Waals surface area contributed by atoms with Gasteiger partial charge in [-0.1, -0.05) is 92.9 Å². The Kier molecular flexibility index (Phi) is 57.4. The van der Waals surface area contributed by atoms with Gasteiger partial charge in [0.05, 0.1) is 39.6 Å². The van der Waals surface area contributed by atoms with Crippen molar-refractivity contribution in [3.05, 3.63) is 0 Å². The first-order valence-electron chi connectivity index (χ1n) is 45.0. The summed E-state index contributed by atoms with van der Waals surface area (Å²) in [5, 5.41) is 14.8. The Hall–Kier alpha value is -6.78. The summed E-state index contributed by atoms with van der Waals surface area (Å²) in [5.74, 6) is -4.87. The normalized spacial score (nSPS) is 23.1. The van der Waals surface area contributed by atoms with Gasteiger partial charge in [0.15, 0.2) is 18.9 Å². The van der Waals surface area contributed by atoms with Crippen LogP contribution < -0.4 is 10.6 Å². The summed E-state index contributed by atoms with van der Waals surface area (Å²) in [6.45, 7) is 20.6. The predicted molar refractivity (Wildman–Crippen MR) is 446 cm³/mol. The first-order valence-corrected chi connectivity index (χ1v) is 45.0. The van der Waals surface area contributed by atoms with Crippen LogP contribution in [0.1, 0.15) is 301 Å². The molecule has 3 N–H and O–H groups in total. The van der Waals surface area contributed by atoms with E-state index in [0.29, 0.717) is 148 Å². The summed E-state index contributed by atoms with van der Waals surface area (Å²) in [6, 6.07) is 0. The highest BCUT2D eigenvalue weighted by molar-refractivity contribution is 5.81. The molecule has 0 aliphatic carbocycles. The van der Waals surface area contributed by atoms with Crippen molar-refractivity contribution in [1.29, 1.82) is 0 Å². The second kappa shape index (κ2) is 64.0. The third-order valence-corrected chi connectivity index (χ3v) is 22.7. The van der Waals surface area contributed by atoms with Crippen molar-refractivity contribution in [2.24, 2.45) is 40.9 Å². The topological polar surface area (TPSA) is 422 Å². The fourth-order valence-corrected chi connectivity index (χ4v) is 15.0. The second-order valence-electron chi connectivity index (χ2n) is 33.6. The van der Waals surface area contributed by atoms with E-state index in [-0.39, 0.29) is 200 Å². The predicted octanol–water partition coefficient (Wildman–Crippen LogP) is 12.0. The molecule has 15 atom stereocenters. The third kappa shape index (κ3) is 49.2. The third-order valence-electron chi connectivity index (χ3n) is 22.7. The number of Topliss-reactive ketones (excluding diaryl/α,β-unsaturated/α-hetero) is 5. The molecule has 0 aromatic rings. The Balaban J connectivity index is 1.56. The van der Waals surface area contributed by atoms with Gasteiger partial charge in [0, 0.05) is 199 Å². The molecule has 0 aromatic heterocycles. The van der Waals surface area contributed by atoms with Crippen molar-refractivity contribution in [1.82, 2.24) is 10.6 Å². The molecular formula is C90H150N2O30. The maximum absolute atomic E-state index is 14.1. The smallest absolute Gasteiger partial charge is 0.303 e. The van der Waals surface area contributed by atoms with Crippen LogP contribution in [-0.2, 0) is 138 Å². The zero-order valence-electron chi connectivity index (χ0n) is 75.4. The number of aliphatic carboxylic acids is 1. The van der Waals surface area contributed by atoms with Gasteiger partial charge < -0.3 is 86.8 Å². The van der Waals surface area contributed by atoms with Gasteiger partial charge in [-0.25, -0.2) is 0 Å². The molecule has 32 nitrogen and oxygen atoms in total. The van der Waals surface area contributed by atoms with E-state index in [9.17, 15) is 67.1 Å². The highest BCUT2D eigenvalue weighted by atomic mass is 16.7. The van der Waals surface area contributed by atoms with Gasteiger partial charge in [-0.05, 0) is 83.5 Å². The zero-order chi connectivity index (χ0) is 90.2. The summed E-state index contributed by atoms with van der Waals surface area (Å²) in [5.41, 5.74) is -1.08. The minimum absolute atomic E-state index is 0.0111. The summed E-state index contributed by atoms with van der Waals surface area (Å²) in [4.78, 5) is 174. The van der Waals surface area contributed by atoms with Crippen molar-refractivity contribution >= 4 is 82.5 Å². The number of carboxylic acids is 1. The highest BCUT2D eigenvalue weighted by Crippen LogP contribution is 2.38. The van der Waals surface area contributed by atoms with Gasteiger partial charge in [-0.15, -0.1) is 0 Å². The molecule has 3 heterocycles. The Morgan fingerprint density at radius 2 is 0.566 bits per heavy atom. The number of ketones is 5. The Labute approximate surface area is 723 Å². The molecule has 0 bridgehead atoms. The zero-order valence-corrected chi connectivity index (χ0v) is 75.4. The minimum atomic E-state index is -1.08. The fraction of sp³-hybridized carbons (Fsp3) is 0.844. The summed E-state index contributed by atoms with van der Waals surface area (Å²) in [7, 11) is 0. The van der Waals surface area contributed by atoms with Crippen LogP contribution in [0.3, 0.4) is 0 Å². The number of hydrogen-bond donors (Lipinski definition) is 3. The monoisotopic (exact) mass is 1740 g/mol. The largest absolute Gasteiger partial charge is 0.481 e. The molecular weight excluding hydrogens is 1590 g/mol. The van der Waals surface area contributed by atoms with Gasteiger partial charge >= 0.3 is 41.8 Å². The molecule has 15 unspecified atom stereocenters. The number of carboxylic acid groups (broad SMARTS) is 1. The molecule has 0 saturated carbocycles. The quantitative estimate of drug-likeness (QED) is 0.0289. The number of hydrogen-bond acceptors (Lipinski definition) is 29. The van der Waals surface area contributed by atoms with Gasteiger partial charge in [-0.2, -0.15) is 0 Å². The molecule has 3 fully saturated rings. The van der Waals surface area contributed by atoms with Gasteiger partial charge in [0.1, 0.15) is 85.4 Å². The standard InChI is InChI=1S/C90H150N2O30/c1-61-64(4)87(120-78(55-114-67(7)93)84(61)117-70(10)96)111-48-30-27-38-73(99)34-22-19-24-36-75(101)43-51-108-58-90(54-77(103)40-21-17-15-13-14-16-18-26-42-83(106)107,59-109-52-44-76(102)37-25-20-23-35-74(100)39-28-31-49-112-88-65(5)62(2)85(118-71(11)97)79(121-88)56-115-68(8)94)60-110-53-45-82(105)92-47-33-46-91-81(104)41-29-32-50-113-89-66(6)63(3)86(119-72(12)98)80(122-89)57-116-69(9)95/h61-66,78-80,84-89H,13-60H2,1-12H3,(H,91,104)(H,92,105)(H,106,107). The van der Waals surface area contributed by atoms with Crippen LogP contribution in [0.5, 0.6) is 0 Å². The summed E-state index contributed by atoms with van der Waals surface area (Å²) in [6.07, 6.45) is 11.5. The van der Waals surface area contributed by atoms with E-state index in [2.05, 4.69) is 10.6 Å². The Morgan fingerprint density at radius 1 is 0.295 bits per heavy atom. The molecule has 3 rings (SSSR count). The lowest BCUT2D eigenvalue weighted by molar-refractivity contribution is -0.273. The molecule has 0 radical (unpaired) electrons. The molecule has 3 saturated heterocycles. The average Bonchev–Trinajstić information content (AvgIpc) is 0.818. The van der Waals surface area contributed by atoms with Crippen LogP contribution >= 0.6 is 0 Å². The van der Waals surface area contributed by atoms with Crippen LogP contribution in [0.2, 0.25) is 0 Å². The van der Waals surface area contributed by atoms with Crippen LogP contribution in [0.15, 0.2) is 0 Å². The first-order chi connectivity index (χ1) is 58.2. The molecule has 32 heteroatoms. The van der Waals surface area contributed by atoms with E-state index >= 15 is 0 Å². The van der Waals surface area contributed by atoms with Gasteiger partial charge in [0.2, 0.25) is 11.8 Å². The van der Waals surface area contributed by atoms with E-state index < -0.39 is 103 Å². The van der Waals surface area contributed by atoms with Crippen LogP contribution in [0.25, 0.3) is 0 Å². The van der Waals surface area contributed by atoms with Crippen molar-refractivity contribution < 1.29 is 143 Å². The number of unbranched alkanes of at least 4 members (excludes halogenated alkanes) is 14. The van der Waals surface area contributed by atoms with E-state index in [0.717, 1.165) is 38.5 Å². The highest BCUT2D eigenvalue weighted by Gasteiger charge is 2.48. The number of amides is 2. The summed E-state index contributed by atoms with van der Waals surface area (Å²) < 4.78 is 87.5. The lowest BCUT2D eigenvalue weighted by atomic mass is 9.83. The lowest BCUT2D eigenvalue weighted by Crippen LogP contribution is -2.53. The van der Waals surface area contributed by atoms with E-state index in [1.54, 1.807) is 0 Å². The van der Waals surface area contributed by atoms with Crippen molar-refractivity contribution in [2.45, 2.75) is 357 Å². The average molecular weight is 1740 g/mol.